The highest BCUT2D eigenvalue weighted by Gasteiger charge is 2.47. The Labute approximate surface area is 334 Å². The molecule has 1 aliphatic rings. The van der Waals surface area contributed by atoms with Crippen molar-refractivity contribution in [3.8, 4) is 17.1 Å². The average Bonchev–Trinajstić information content (AvgIpc) is 3.81. The summed E-state index contributed by atoms with van der Waals surface area (Å²) in [6.07, 6.45) is 0.511. The Kier molecular flexibility index (Phi) is 7.88. The van der Waals surface area contributed by atoms with Crippen molar-refractivity contribution in [1.29, 1.82) is 0 Å². The van der Waals surface area contributed by atoms with Crippen LogP contribution in [-0.2, 0) is 7.05 Å². The minimum atomic E-state index is -2.76. The zero-order valence-electron chi connectivity index (χ0n) is 31.1. The van der Waals surface area contributed by atoms with E-state index in [1.807, 2.05) is 91.7 Å². The number of aryl methyl sites for hydroxylation is 1. The topological polar surface area (TPSA) is 35.6 Å². The molecule has 272 valence electrons. The number of imidazole rings is 1. The van der Waals surface area contributed by atoms with Crippen molar-refractivity contribution in [2.75, 3.05) is 0 Å². The van der Waals surface area contributed by atoms with Gasteiger partial charge in [-0.2, -0.15) is 0 Å². The largest absolute Gasteiger partial charge is 0.327 e. The highest BCUT2D eigenvalue weighted by molar-refractivity contribution is 8.00. The molecule has 0 amide bonds. The van der Waals surface area contributed by atoms with E-state index >= 15 is 4.39 Å². The summed E-state index contributed by atoms with van der Waals surface area (Å²) < 4.78 is 21.1. The first-order valence-electron chi connectivity index (χ1n) is 19.2. The third-order valence-corrected chi connectivity index (χ3v) is 18.0. The number of fused-ring (bicyclic) bond motifs is 7. The Bertz CT molecular complexity index is 3120. The second-order valence-electron chi connectivity index (χ2n) is 14.7. The molecule has 1 atom stereocenters. The van der Waals surface area contributed by atoms with Crippen LogP contribution < -0.4 is 20.7 Å². The molecule has 3 aromatic heterocycles. The van der Waals surface area contributed by atoms with Crippen LogP contribution in [-0.4, -0.2) is 27.2 Å². The zero-order chi connectivity index (χ0) is 38.1. The van der Waals surface area contributed by atoms with Gasteiger partial charge in [0.1, 0.15) is 11.5 Å². The van der Waals surface area contributed by atoms with Crippen LogP contribution in [0, 0.1) is 0 Å². The molecular formula is C50H35FN4SSi. The Hall–Kier alpha value is -6.54. The molecule has 7 heteroatoms. The van der Waals surface area contributed by atoms with Gasteiger partial charge in [0.15, 0.2) is 14.2 Å². The molecule has 10 aromatic rings. The second kappa shape index (κ2) is 13.3. The minimum absolute atomic E-state index is 0.585. The van der Waals surface area contributed by atoms with Crippen LogP contribution in [0.2, 0.25) is 0 Å². The molecule has 0 saturated heterocycles. The summed E-state index contributed by atoms with van der Waals surface area (Å²) in [5, 5.41) is 7.75. The van der Waals surface area contributed by atoms with Gasteiger partial charge >= 0.3 is 0 Å². The number of pyridine rings is 1. The van der Waals surface area contributed by atoms with E-state index in [0.29, 0.717) is 11.1 Å². The van der Waals surface area contributed by atoms with Gasteiger partial charge < -0.3 is 4.57 Å². The Balaban J connectivity index is 1.09. The van der Waals surface area contributed by atoms with Gasteiger partial charge in [0.2, 0.25) is 0 Å². The van der Waals surface area contributed by atoms with Crippen molar-refractivity contribution >= 4 is 73.6 Å². The number of benzene rings is 7. The Morgan fingerprint density at radius 2 is 1.32 bits per heavy atom. The van der Waals surface area contributed by atoms with E-state index in [2.05, 4.69) is 124 Å². The van der Waals surface area contributed by atoms with Gasteiger partial charge in [-0.05, 0) is 86.5 Å². The second-order valence-corrected chi connectivity index (χ2v) is 19.5. The standard InChI is InChI=1S/C50H35FN4SSi/c1-54-41-25-9-8-24-40(41)53-49(54)35-17-12-15-33(31-35)47(51)34-16-13-18-36(32-34)55-42-28-29-45-48(46(42)39-23-14-30-52-50(39)55)56-43-26-10-11-27-44(43)57(45,37-19-4-2-5-20-37)38-21-6-3-7-22-38/h2-32,47H,1H3. The maximum absolute atomic E-state index is 16.8. The fourth-order valence-corrected chi connectivity index (χ4v) is 16.2. The number of nitrogens with zero attached hydrogens (tertiary/aromatic N) is 4. The quantitative estimate of drug-likeness (QED) is 0.158. The summed E-state index contributed by atoms with van der Waals surface area (Å²) in [5.41, 5.74) is 6.78. The van der Waals surface area contributed by atoms with Gasteiger partial charge in [0.05, 0.1) is 16.6 Å². The molecule has 0 saturated carbocycles. The molecule has 0 fully saturated rings. The summed E-state index contributed by atoms with van der Waals surface area (Å²) >= 11 is 1.86. The van der Waals surface area contributed by atoms with Crippen molar-refractivity contribution in [3.63, 3.8) is 0 Å². The first kappa shape index (κ1) is 33.8. The van der Waals surface area contributed by atoms with Gasteiger partial charge in [0, 0.05) is 45.1 Å². The van der Waals surface area contributed by atoms with E-state index in [-0.39, 0.29) is 0 Å². The summed E-state index contributed by atoms with van der Waals surface area (Å²) in [4.78, 5) is 12.4. The minimum Gasteiger partial charge on any atom is -0.327 e. The first-order valence-corrected chi connectivity index (χ1v) is 22.0. The first-order chi connectivity index (χ1) is 28.1. The van der Waals surface area contributed by atoms with E-state index in [1.165, 1.54) is 35.9 Å². The lowest BCUT2D eigenvalue weighted by atomic mass is 10.00. The number of aromatic nitrogens is 4. The van der Waals surface area contributed by atoms with Crippen LogP contribution in [0.25, 0.3) is 50.0 Å². The molecule has 4 heterocycles. The van der Waals surface area contributed by atoms with Crippen LogP contribution in [0.15, 0.2) is 198 Å². The van der Waals surface area contributed by atoms with Crippen LogP contribution in [0.5, 0.6) is 0 Å². The summed E-state index contributed by atoms with van der Waals surface area (Å²) in [5.74, 6) is 0.811. The van der Waals surface area contributed by atoms with Crippen molar-refractivity contribution in [2.24, 2.45) is 7.05 Å². The molecule has 0 radical (unpaired) electrons. The molecule has 4 nitrogen and oxygen atoms in total. The molecule has 0 spiro atoms. The van der Waals surface area contributed by atoms with Gasteiger partial charge in [0.25, 0.3) is 0 Å². The molecule has 0 bridgehead atoms. The molecule has 11 rings (SSSR count). The summed E-state index contributed by atoms with van der Waals surface area (Å²) in [6, 6.07) is 63.7. The van der Waals surface area contributed by atoms with E-state index in [1.54, 1.807) is 0 Å². The third-order valence-electron chi connectivity index (χ3n) is 11.6. The SMILES string of the molecule is Cn1c(-c2cccc(C(F)c3cccc(-n4c5ccc6c(c5c5cccnc54)Sc4ccccc4[Si]6(c4ccccc4)c4ccccc4)c3)c2)nc2ccccc21. The smallest absolute Gasteiger partial charge is 0.181 e. The van der Waals surface area contributed by atoms with E-state index in [9.17, 15) is 0 Å². The van der Waals surface area contributed by atoms with Crippen LogP contribution in [0.3, 0.4) is 0 Å². The normalized spacial score (nSPS) is 13.8. The molecule has 1 unspecified atom stereocenters. The summed E-state index contributed by atoms with van der Waals surface area (Å²) in [7, 11) is -0.754. The van der Waals surface area contributed by atoms with Gasteiger partial charge in [-0.1, -0.05) is 139 Å². The number of alkyl halides is 1. The highest BCUT2D eigenvalue weighted by Crippen LogP contribution is 2.43. The molecular weight excluding hydrogens is 736 g/mol. The molecule has 0 aliphatic carbocycles. The predicted molar refractivity (Wildman–Crippen MR) is 235 cm³/mol. The average molecular weight is 771 g/mol. The maximum atomic E-state index is 16.8. The molecule has 1 aliphatic heterocycles. The van der Waals surface area contributed by atoms with E-state index in [4.69, 9.17) is 9.97 Å². The molecule has 7 aromatic carbocycles. The van der Waals surface area contributed by atoms with Gasteiger partial charge in [-0.3, -0.25) is 4.57 Å². The highest BCUT2D eigenvalue weighted by atomic mass is 32.2. The number of hydrogen-bond donors (Lipinski definition) is 0. The van der Waals surface area contributed by atoms with E-state index in [0.717, 1.165) is 44.7 Å². The zero-order valence-corrected chi connectivity index (χ0v) is 32.9. The van der Waals surface area contributed by atoms with Crippen molar-refractivity contribution in [3.05, 3.63) is 199 Å². The van der Waals surface area contributed by atoms with Gasteiger partial charge in [-0.15, -0.1) is 0 Å². The van der Waals surface area contributed by atoms with Crippen molar-refractivity contribution < 1.29 is 4.39 Å². The van der Waals surface area contributed by atoms with Crippen molar-refractivity contribution in [1.82, 2.24) is 19.1 Å². The van der Waals surface area contributed by atoms with Crippen LogP contribution in [0.4, 0.5) is 4.39 Å². The number of rotatable bonds is 6. The van der Waals surface area contributed by atoms with E-state index < -0.39 is 14.2 Å². The monoisotopic (exact) mass is 770 g/mol. The Morgan fingerprint density at radius 3 is 2.11 bits per heavy atom. The third kappa shape index (κ3) is 5.12. The van der Waals surface area contributed by atoms with Gasteiger partial charge in [-0.25, -0.2) is 14.4 Å². The lowest BCUT2D eigenvalue weighted by molar-refractivity contribution is 0.402. The molecule has 0 N–H and O–H groups in total. The summed E-state index contributed by atoms with van der Waals surface area (Å²) in [6.45, 7) is 0. The number of para-hydroxylation sites is 2. The van der Waals surface area contributed by atoms with Crippen molar-refractivity contribution in [2.45, 2.75) is 16.0 Å². The molecule has 57 heavy (non-hydrogen) atoms. The Morgan fingerprint density at radius 1 is 0.614 bits per heavy atom. The number of halogens is 1. The number of hydrogen-bond acceptors (Lipinski definition) is 3. The van der Waals surface area contributed by atoms with Crippen LogP contribution in [0.1, 0.15) is 17.3 Å². The maximum Gasteiger partial charge on any atom is 0.181 e. The lowest BCUT2D eigenvalue weighted by Gasteiger charge is -2.40. The fraction of sp³-hybridized carbons (Fsp3) is 0.0400. The van der Waals surface area contributed by atoms with Crippen LogP contribution >= 0.6 is 11.8 Å². The predicted octanol–water partition coefficient (Wildman–Crippen LogP) is 9.63. The fourth-order valence-electron chi connectivity index (χ4n) is 9.10. The lowest BCUT2D eigenvalue weighted by Crippen LogP contribution is -2.76.